The summed E-state index contributed by atoms with van der Waals surface area (Å²) in [5, 5.41) is 7.89. The summed E-state index contributed by atoms with van der Waals surface area (Å²) in [6, 6.07) is 52.0. The van der Waals surface area contributed by atoms with Gasteiger partial charge in [0, 0.05) is 42.0 Å². The zero-order valence-electron chi connectivity index (χ0n) is 25.1. The van der Waals surface area contributed by atoms with Crippen LogP contribution in [-0.2, 0) is 5.41 Å². The molecule has 0 amide bonds. The zero-order chi connectivity index (χ0) is 29.9. The van der Waals surface area contributed by atoms with Crippen molar-refractivity contribution >= 4 is 64.1 Å². The predicted molar refractivity (Wildman–Crippen MR) is 194 cm³/mol. The van der Waals surface area contributed by atoms with Crippen LogP contribution < -0.4 is 0 Å². The maximum atomic E-state index is 2.51. The standard InChI is InChI=1S/C43H29NS/c1-43(2)35-18-7-5-15-31(35)33-24-34-38(25-36(33)43)44(37-22-21-26-11-3-4-14-29(26)41(34)37)28-13-9-12-27(23-28)30-17-10-20-40-42(30)32-16-6-8-19-39(32)45-40/h3-25H,1-2H3. The van der Waals surface area contributed by atoms with Crippen LogP contribution in [0.25, 0.3) is 80.7 Å². The molecule has 10 rings (SSSR count). The first-order chi connectivity index (χ1) is 22.1. The molecular weight excluding hydrogens is 563 g/mol. The van der Waals surface area contributed by atoms with Crippen molar-refractivity contribution in [3.63, 3.8) is 0 Å². The van der Waals surface area contributed by atoms with Gasteiger partial charge in [-0.3, -0.25) is 0 Å². The molecule has 212 valence electrons. The molecule has 7 aromatic carbocycles. The van der Waals surface area contributed by atoms with E-state index in [2.05, 4.69) is 158 Å². The Bertz CT molecular complexity index is 2680. The Morgan fingerprint density at radius 1 is 0.489 bits per heavy atom. The molecule has 2 heteroatoms. The number of thiophene rings is 1. The summed E-state index contributed by atoms with van der Waals surface area (Å²) >= 11 is 1.88. The highest BCUT2D eigenvalue weighted by Crippen LogP contribution is 2.51. The number of fused-ring (bicyclic) bond motifs is 11. The van der Waals surface area contributed by atoms with Gasteiger partial charge in [-0.2, -0.15) is 0 Å². The van der Waals surface area contributed by atoms with Crippen LogP contribution in [0.15, 0.2) is 140 Å². The molecule has 9 aromatic rings. The topological polar surface area (TPSA) is 4.93 Å². The van der Waals surface area contributed by atoms with Gasteiger partial charge in [0.15, 0.2) is 0 Å². The second-order valence-electron chi connectivity index (χ2n) is 12.9. The van der Waals surface area contributed by atoms with Crippen molar-refractivity contribution < 1.29 is 0 Å². The van der Waals surface area contributed by atoms with E-state index in [0.29, 0.717) is 0 Å². The van der Waals surface area contributed by atoms with Gasteiger partial charge >= 0.3 is 0 Å². The lowest BCUT2D eigenvalue weighted by Gasteiger charge is -2.21. The summed E-state index contributed by atoms with van der Waals surface area (Å²) in [4.78, 5) is 0. The minimum atomic E-state index is -0.0685. The number of hydrogen-bond donors (Lipinski definition) is 0. The molecule has 0 saturated carbocycles. The van der Waals surface area contributed by atoms with Gasteiger partial charge in [-0.15, -0.1) is 11.3 Å². The maximum absolute atomic E-state index is 2.51. The first-order valence-electron chi connectivity index (χ1n) is 15.7. The molecule has 0 unspecified atom stereocenters. The maximum Gasteiger partial charge on any atom is 0.0547 e. The van der Waals surface area contributed by atoms with E-state index in [4.69, 9.17) is 0 Å². The van der Waals surface area contributed by atoms with Gasteiger partial charge in [-0.1, -0.05) is 111 Å². The monoisotopic (exact) mass is 591 g/mol. The molecule has 2 heterocycles. The van der Waals surface area contributed by atoms with E-state index in [-0.39, 0.29) is 5.41 Å². The highest BCUT2D eigenvalue weighted by atomic mass is 32.1. The predicted octanol–water partition coefficient (Wildman–Crippen LogP) is 12.3. The molecule has 0 atom stereocenters. The summed E-state index contributed by atoms with van der Waals surface area (Å²) in [7, 11) is 0. The van der Waals surface area contributed by atoms with E-state index in [1.165, 1.54) is 91.8 Å². The minimum Gasteiger partial charge on any atom is -0.309 e. The van der Waals surface area contributed by atoms with Gasteiger partial charge in [0.2, 0.25) is 0 Å². The summed E-state index contributed by atoms with van der Waals surface area (Å²) in [6.45, 7) is 4.75. The van der Waals surface area contributed by atoms with Crippen molar-refractivity contribution in [3.8, 4) is 27.9 Å². The molecule has 0 radical (unpaired) electrons. The van der Waals surface area contributed by atoms with Crippen molar-refractivity contribution in [2.75, 3.05) is 0 Å². The zero-order valence-corrected chi connectivity index (χ0v) is 26.0. The van der Waals surface area contributed by atoms with Crippen LogP contribution in [0.2, 0.25) is 0 Å². The Morgan fingerprint density at radius 3 is 2.18 bits per heavy atom. The molecule has 0 fully saturated rings. The normalized spacial score (nSPS) is 13.7. The molecule has 1 nitrogen and oxygen atoms in total. The molecule has 0 aliphatic heterocycles. The summed E-state index contributed by atoms with van der Waals surface area (Å²) < 4.78 is 5.17. The first-order valence-corrected chi connectivity index (χ1v) is 16.5. The van der Waals surface area contributed by atoms with E-state index >= 15 is 0 Å². The SMILES string of the molecule is CC1(C)c2ccccc2-c2cc3c4c5ccccc5ccc4n(-c4cccc(-c5cccc6sc7ccccc7c56)c4)c3cc21. The van der Waals surface area contributed by atoms with Crippen molar-refractivity contribution in [1.82, 2.24) is 4.57 Å². The second kappa shape index (κ2) is 8.94. The molecule has 1 aliphatic carbocycles. The van der Waals surface area contributed by atoms with E-state index in [1.807, 2.05) is 11.3 Å². The van der Waals surface area contributed by atoms with Crippen molar-refractivity contribution in [3.05, 3.63) is 151 Å². The van der Waals surface area contributed by atoms with Gasteiger partial charge in [-0.25, -0.2) is 0 Å². The fraction of sp³-hybridized carbons (Fsp3) is 0.0698. The van der Waals surface area contributed by atoms with Crippen LogP contribution in [0, 0.1) is 0 Å². The number of nitrogens with zero attached hydrogens (tertiary/aromatic N) is 1. The summed E-state index contributed by atoms with van der Waals surface area (Å²) in [6.07, 6.45) is 0. The fourth-order valence-electron chi connectivity index (χ4n) is 8.09. The Labute approximate surface area is 265 Å². The lowest BCUT2D eigenvalue weighted by Crippen LogP contribution is -2.14. The lowest BCUT2D eigenvalue weighted by molar-refractivity contribution is 0.661. The largest absolute Gasteiger partial charge is 0.309 e. The highest BCUT2D eigenvalue weighted by Gasteiger charge is 2.36. The first kappa shape index (κ1) is 25.2. The van der Waals surface area contributed by atoms with Crippen LogP contribution in [0.5, 0.6) is 0 Å². The third-order valence-corrected chi connectivity index (χ3v) is 11.3. The summed E-state index contributed by atoms with van der Waals surface area (Å²) in [5.74, 6) is 0. The van der Waals surface area contributed by atoms with E-state index in [9.17, 15) is 0 Å². The Kier molecular flexibility index (Phi) is 5.00. The minimum absolute atomic E-state index is 0.0685. The van der Waals surface area contributed by atoms with Crippen molar-refractivity contribution in [2.24, 2.45) is 0 Å². The van der Waals surface area contributed by atoms with Crippen LogP contribution in [0.4, 0.5) is 0 Å². The summed E-state index contributed by atoms with van der Waals surface area (Å²) in [5.41, 5.74) is 11.7. The smallest absolute Gasteiger partial charge is 0.0547 e. The Balaban J connectivity index is 1.30. The lowest BCUT2D eigenvalue weighted by atomic mass is 9.82. The molecule has 45 heavy (non-hydrogen) atoms. The van der Waals surface area contributed by atoms with E-state index < -0.39 is 0 Å². The Hall–Kier alpha value is -5.18. The number of hydrogen-bond acceptors (Lipinski definition) is 1. The van der Waals surface area contributed by atoms with Crippen LogP contribution >= 0.6 is 11.3 Å². The van der Waals surface area contributed by atoms with Crippen molar-refractivity contribution in [1.29, 1.82) is 0 Å². The van der Waals surface area contributed by atoms with Crippen LogP contribution in [-0.4, -0.2) is 4.57 Å². The fourth-order valence-corrected chi connectivity index (χ4v) is 9.22. The van der Waals surface area contributed by atoms with Gasteiger partial charge in [0.05, 0.1) is 11.0 Å². The average molecular weight is 592 g/mol. The van der Waals surface area contributed by atoms with Crippen LogP contribution in [0.3, 0.4) is 0 Å². The molecule has 0 bridgehead atoms. The van der Waals surface area contributed by atoms with Gasteiger partial charge in [0.1, 0.15) is 0 Å². The second-order valence-corrected chi connectivity index (χ2v) is 14.0. The quantitative estimate of drug-likeness (QED) is 0.188. The van der Waals surface area contributed by atoms with Crippen LogP contribution in [0.1, 0.15) is 25.0 Å². The third-order valence-electron chi connectivity index (χ3n) is 10.2. The molecule has 0 spiro atoms. The number of aromatic nitrogens is 1. The molecule has 1 aliphatic rings. The van der Waals surface area contributed by atoms with E-state index in [1.54, 1.807) is 0 Å². The van der Waals surface area contributed by atoms with Gasteiger partial charge in [-0.05, 0) is 86.6 Å². The van der Waals surface area contributed by atoms with Gasteiger partial charge in [0.25, 0.3) is 0 Å². The van der Waals surface area contributed by atoms with Crippen molar-refractivity contribution in [2.45, 2.75) is 19.3 Å². The number of rotatable bonds is 2. The third kappa shape index (κ3) is 3.38. The van der Waals surface area contributed by atoms with Gasteiger partial charge < -0.3 is 4.57 Å². The number of benzene rings is 7. The molecule has 0 N–H and O–H groups in total. The Morgan fingerprint density at radius 2 is 1.24 bits per heavy atom. The highest BCUT2D eigenvalue weighted by molar-refractivity contribution is 7.25. The average Bonchev–Trinajstić information content (AvgIpc) is 3.70. The molecule has 2 aromatic heterocycles. The molecule has 0 saturated heterocycles. The van der Waals surface area contributed by atoms with E-state index in [0.717, 1.165) is 0 Å². The molecular formula is C43H29NS.